The fourth-order valence-corrected chi connectivity index (χ4v) is 2.26. The maximum Gasteiger partial charge on any atom is 0.123 e. The molecule has 0 fully saturated rings. The molecule has 1 aromatic heterocycles. The molecule has 1 heterocycles. The molecule has 0 spiro atoms. The lowest BCUT2D eigenvalue weighted by molar-refractivity contribution is 0.627. The van der Waals surface area contributed by atoms with E-state index in [0.717, 1.165) is 36.6 Å². The number of aryl methyl sites for hydroxylation is 1. The van der Waals surface area contributed by atoms with Crippen LogP contribution in [0.15, 0.2) is 24.3 Å². The molecule has 0 unspecified atom stereocenters. The molecule has 3 nitrogen and oxygen atoms in total. The average molecular weight is 261 g/mol. The van der Waals surface area contributed by atoms with Gasteiger partial charge in [-0.05, 0) is 63.2 Å². The van der Waals surface area contributed by atoms with Gasteiger partial charge in [0.05, 0.1) is 11.4 Å². The molecule has 1 aromatic carbocycles. The Morgan fingerprint density at radius 2 is 1.89 bits per heavy atom. The molecule has 4 heteroatoms. The van der Waals surface area contributed by atoms with E-state index in [4.69, 9.17) is 0 Å². The van der Waals surface area contributed by atoms with Crippen LogP contribution in [0.3, 0.4) is 0 Å². The summed E-state index contributed by atoms with van der Waals surface area (Å²) in [5.41, 5.74) is 4.34. The highest BCUT2D eigenvalue weighted by molar-refractivity contribution is 5.37. The highest BCUT2D eigenvalue weighted by Crippen LogP contribution is 2.18. The molecule has 0 aliphatic rings. The average Bonchev–Trinajstić information content (AvgIpc) is 2.68. The third-order valence-corrected chi connectivity index (χ3v) is 3.31. The number of likely N-dealkylation sites (N-methyl/N-ethyl adjacent to an activating group) is 1. The van der Waals surface area contributed by atoms with Crippen LogP contribution in [0.2, 0.25) is 0 Å². The zero-order valence-corrected chi connectivity index (χ0v) is 11.7. The van der Waals surface area contributed by atoms with Crippen molar-refractivity contribution in [3.8, 4) is 5.69 Å². The van der Waals surface area contributed by atoms with Gasteiger partial charge >= 0.3 is 0 Å². The van der Waals surface area contributed by atoms with Crippen LogP contribution in [-0.2, 0) is 6.42 Å². The highest BCUT2D eigenvalue weighted by atomic mass is 19.1. The number of benzene rings is 1. The fraction of sp³-hybridized carbons (Fsp3) is 0.400. The van der Waals surface area contributed by atoms with E-state index in [-0.39, 0.29) is 5.82 Å². The quantitative estimate of drug-likeness (QED) is 0.839. The lowest BCUT2D eigenvalue weighted by Gasteiger charge is -2.06. The highest BCUT2D eigenvalue weighted by Gasteiger charge is 2.12. The number of hydrogen-bond donors (Lipinski definition) is 1. The van der Waals surface area contributed by atoms with Gasteiger partial charge < -0.3 is 5.32 Å². The number of hydrogen-bond acceptors (Lipinski definition) is 2. The van der Waals surface area contributed by atoms with Gasteiger partial charge in [-0.2, -0.15) is 5.10 Å². The Morgan fingerprint density at radius 1 is 1.21 bits per heavy atom. The van der Waals surface area contributed by atoms with Crippen LogP contribution < -0.4 is 5.32 Å². The van der Waals surface area contributed by atoms with Crippen LogP contribution in [0, 0.1) is 19.7 Å². The van der Waals surface area contributed by atoms with Crippen molar-refractivity contribution in [3.05, 3.63) is 47.0 Å². The summed E-state index contributed by atoms with van der Waals surface area (Å²) in [6, 6.07) is 6.43. The summed E-state index contributed by atoms with van der Waals surface area (Å²) in [5.74, 6) is -0.224. The largest absolute Gasteiger partial charge is 0.317 e. The Balaban J connectivity index is 2.27. The number of nitrogens with one attached hydrogen (secondary N) is 1. The van der Waals surface area contributed by atoms with Crippen LogP contribution in [0.1, 0.15) is 23.9 Å². The molecule has 0 bridgehead atoms. The Kier molecular flexibility index (Phi) is 4.32. The lowest BCUT2D eigenvalue weighted by atomic mass is 10.1. The van der Waals surface area contributed by atoms with E-state index in [0.29, 0.717) is 0 Å². The molecule has 0 atom stereocenters. The van der Waals surface area contributed by atoms with E-state index in [1.54, 1.807) is 12.1 Å². The van der Waals surface area contributed by atoms with E-state index in [2.05, 4.69) is 24.3 Å². The first-order chi connectivity index (χ1) is 9.13. The third-order valence-electron chi connectivity index (χ3n) is 3.31. The van der Waals surface area contributed by atoms with E-state index in [1.807, 2.05) is 11.6 Å². The van der Waals surface area contributed by atoms with Crippen molar-refractivity contribution in [2.45, 2.75) is 27.2 Å². The third kappa shape index (κ3) is 3.01. The predicted octanol–water partition coefficient (Wildman–Crippen LogP) is 2.78. The van der Waals surface area contributed by atoms with Crippen molar-refractivity contribution < 1.29 is 4.39 Å². The molecule has 19 heavy (non-hydrogen) atoms. The van der Waals surface area contributed by atoms with Crippen LogP contribution in [-0.4, -0.2) is 22.9 Å². The molecular weight excluding hydrogens is 241 g/mol. The van der Waals surface area contributed by atoms with Crippen molar-refractivity contribution in [1.29, 1.82) is 0 Å². The monoisotopic (exact) mass is 261 g/mol. The summed E-state index contributed by atoms with van der Waals surface area (Å²) in [6.07, 6.45) is 0.965. The second kappa shape index (κ2) is 5.97. The van der Waals surface area contributed by atoms with Gasteiger partial charge in [-0.3, -0.25) is 0 Å². The number of rotatable bonds is 5. The van der Waals surface area contributed by atoms with Crippen molar-refractivity contribution in [2.24, 2.45) is 0 Å². The normalized spacial score (nSPS) is 10.9. The first kappa shape index (κ1) is 13.7. The zero-order chi connectivity index (χ0) is 13.8. The molecule has 0 aliphatic heterocycles. The summed E-state index contributed by atoms with van der Waals surface area (Å²) in [7, 11) is 0. The molecule has 0 radical (unpaired) electrons. The molecule has 0 aliphatic carbocycles. The number of halogens is 1. The van der Waals surface area contributed by atoms with Crippen molar-refractivity contribution >= 4 is 0 Å². The molecule has 0 saturated carbocycles. The maximum absolute atomic E-state index is 13.0. The van der Waals surface area contributed by atoms with E-state index < -0.39 is 0 Å². The molecule has 2 rings (SSSR count). The second-order valence-corrected chi connectivity index (χ2v) is 4.64. The lowest BCUT2D eigenvalue weighted by Crippen LogP contribution is -2.16. The standard InChI is InChI=1S/C15H20FN3/c1-4-17-10-9-15-11(2)18-19(12(15)3)14-7-5-13(16)6-8-14/h5-8,17H,4,9-10H2,1-3H3. The van der Waals surface area contributed by atoms with E-state index >= 15 is 0 Å². The van der Waals surface area contributed by atoms with Gasteiger partial charge in [0.2, 0.25) is 0 Å². The molecule has 0 amide bonds. The first-order valence-electron chi connectivity index (χ1n) is 6.65. The van der Waals surface area contributed by atoms with Gasteiger partial charge in [-0.25, -0.2) is 9.07 Å². The van der Waals surface area contributed by atoms with Crippen LogP contribution in [0.25, 0.3) is 5.69 Å². The topological polar surface area (TPSA) is 29.9 Å². The van der Waals surface area contributed by atoms with Gasteiger partial charge in [-0.15, -0.1) is 0 Å². The molecular formula is C15H20FN3. The molecule has 102 valence electrons. The van der Waals surface area contributed by atoms with E-state index in [9.17, 15) is 4.39 Å². The van der Waals surface area contributed by atoms with Crippen LogP contribution in [0.4, 0.5) is 4.39 Å². The van der Waals surface area contributed by atoms with Gasteiger partial charge in [0.25, 0.3) is 0 Å². The second-order valence-electron chi connectivity index (χ2n) is 4.64. The van der Waals surface area contributed by atoms with Crippen molar-refractivity contribution in [1.82, 2.24) is 15.1 Å². The van der Waals surface area contributed by atoms with Crippen LogP contribution >= 0.6 is 0 Å². The van der Waals surface area contributed by atoms with Crippen LogP contribution in [0.5, 0.6) is 0 Å². The maximum atomic E-state index is 13.0. The number of nitrogens with zero attached hydrogens (tertiary/aromatic N) is 2. The molecule has 1 N–H and O–H groups in total. The summed E-state index contributed by atoms with van der Waals surface area (Å²) < 4.78 is 14.8. The molecule has 2 aromatic rings. The van der Waals surface area contributed by atoms with E-state index in [1.165, 1.54) is 17.7 Å². The SMILES string of the molecule is CCNCCc1c(C)nn(-c2ccc(F)cc2)c1C. The Labute approximate surface area is 113 Å². The fourth-order valence-electron chi connectivity index (χ4n) is 2.26. The molecule has 0 saturated heterocycles. The summed E-state index contributed by atoms with van der Waals surface area (Å²) >= 11 is 0. The minimum atomic E-state index is -0.224. The predicted molar refractivity (Wildman–Crippen MR) is 75.2 cm³/mol. The van der Waals surface area contributed by atoms with Crippen molar-refractivity contribution in [3.63, 3.8) is 0 Å². The smallest absolute Gasteiger partial charge is 0.123 e. The van der Waals surface area contributed by atoms with Gasteiger partial charge in [-0.1, -0.05) is 6.92 Å². The van der Waals surface area contributed by atoms with Crippen molar-refractivity contribution in [2.75, 3.05) is 13.1 Å². The summed E-state index contributed by atoms with van der Waals surface area (Å²) in [4.78, 5) is 0. The number of aromatic nitrogens is 2. The van der Waals surface area contributed by atoms with Gasteiger partial charge in [0.1, 0.15) is 5.82 Å². The Bertz CT molecular complexity index is 543. The Hall–Kier alpha value is -1.68. The van der Waals surface area contributed by atoms with Gasteiger partial charge in [0.15, 0.2) is 0 Å². The summed E-state index contributed by atoms with van der Waals surface area (Å²) in [6.45, 7) is 8.11. The zero-order valence-electron chi connectivity index (χ0n) is 11.7. The Morgan fingerprint density at radius 3 is 2.53 bits per heavy atom. The first-order valence-corrected chi connectivity index (χ1v) is 6.65. The minimum Gasteiger partial charge on any atom is -0.317 e. The summed E-state index contributed by atoms with van der Waals surface area (Å²) in [5, 5.41) is 7.88. The van der Waals surface area contributed by atoms with Gasteiger partial charge in [0, 0.05) is 5.69 Å². The minimum absolute atomic E-state index is 0.224.